The summed E-state index contributed by atoms with van der Waals surface area (Å²) >= 11 is 1.16. The fourth-order valence-corrected chi connectivity index (χ4v) is 4.84. The van der Waals surface area contributed by atoms with E-state index in [1.54, 1.807) is 61.0 Å². The first-order valence-electron chi connectivity index (χ1n) is 11.9. The molecule has 0 unspecified atom stereocenters. The van der Waals surface area contributed by atoms with Gasteiger partial charge in [0.1, 0.15) is 17.0 Å². The first-order valence-corrected chi connectivity index (χ1v) is 12.8. The molecule has 0 aliphatic carbocycles. The third kappa shape index (κ3) is 6.24. The van der Waals surface area contributed by atoms with Crippen LogP contribution in [-0.4, -0.2) is 41.1 Å². The Morgan fingerprint density at radius 2 is 1.64 bits per heavy atom. The molecule has 12 heteroatoms. The van der Waals surface area contributed by atoms with Crippen LogP contribution in [0.15, 0.2) is 69.6 Å². The molecule has 0 bridgehead atoms. The molecule has 11 nitrogen and oxygen atoms in total. The second-order valence-electron chi connectivity index (χ2n) is 8.43. The highest BCUT2D eigenvalue weighted by molar-refractivity contribution is 7.17. The molecule has 2 aromatic carbocycles. The molecule has 2 amide bonds. The largest absolute Gasteiger partial charge is 0.497 e. The monoisotopic (exact) mass is 550 g/mol. The van der Waals surface area contributed by atoms with Crippen LogP contribution >= 0.6 is 11.3 Å². The number of amides is 2. The van der Waals surface area contributed by atoms with Crippen molar-refractivity contribution in [2.24, 2.45) is 0 Å². The van der Waals surface area contributed by atoms with E-state index in [4.69, 9.17) is 9.47 Å². The maximum atomic E-state index is 13.3. The number of nitrogens with zero attached hydrogens (tertiary/aromatic N) is 2. The molecule has 0 saturated carbocycles. The number of aromatic nitrogens is 2. The Morgan fingerprint density at radius 3 is 2.36 bits per heavy atom. The topological polar surface area (TPSA) is 138 Å². The van der Waals surface area contributed by atoms with Crippen molar-refractivity contribution in [3.63, 3.8) is 0 Å². The van der Waals surface area contributed by atoms with Crippen LogP contribution < -0.4 is 26.6 Å². The average molecular weight is 551 g/mol. The Morgan fingerprint density at radius 1 is 0.897 bits per heavy atom. The van der Waals surface area contributed by atoms with Gasteiger partial charge in [-0.15, -0.1) is 11.3 Å². The van der Waals surface area contributed by atoms with E-state index in [9.17, 15) is 24.0 Å². The second-order valence-corrected chi connectivity index (χ2v) is 9.34. The Balaban J connectivity index is 1.49. The molecule has 2 heterocycles. The molecule has 4 aromatic rings. The smallest absolute Gasteiger partial charge is 0.339 e. The molecule has 0 radical (unpaired) electrons. The van der Waals surface area contributed by atoms with Crippen molar-refractivity contribution in [1.29, 1.82) is 0 Å². The number of fused-ring (bicyclic) bond motifs is 1. The third-order valence-electron chi connectivity index (χ3n) is 5.90. The highest BCUT2D eigenvalue weighted by Gasteiger charge is 2.18. The van der Waals surface area contributed by atoms with Crippen molar-refractivity contribution >= 4 is 50.7 Å². The fraction of sp³-hybridized carbons (Fsp3) is 0.222. The number of methoxy groups -OCH3 is 2. The maximum Gasteiger partial charge on any atom is 0.339 e. The van der Waals surface area contributed by atoms with Gasteiger partial charge in [0.15, 0.2) is 0 Å². The van der Waals surface area contributed by atoms with Crippen molar-refractivity contribution in [1.82, 2.24) is 9.13 Å². The van der Waals surface area contributed by atoms with Crippen LogP contribution in [0.4, 0.5) is 11.4 Å². The van der Waals surface area contributed by atoms with E-state index in [1.807, 2.05) is 0 Å². The molecular formula is C27H26N4O7S. The van der Waals surface area contributed by atoms with Crippen LogP contribution in [0.25, 0.3) is 10.2 Å². The van der Waals surface area contributed by atoms with Crippen molar-refractivity contribution in [2.45, 2.75) is 25.9 Å². The van der Waals surface area contributed by atoms with Crippen LogP contribution in [-0.2, 0) is 27.4 Å². The lowest BCUT2D eigenvalue weighted by Gasteiger charge is -2.13. The number of thiophene rings is 1. The van der Waals surface area contributed by atoms with Gasteiger partial charge in [0.25, 0.3) is 5.56 Å². The minimum absolute atomic E-state index is 0.00562. The third-order valence-corrected chi connectivity index (χ3v) is 6.80. The average Bonchev–Trinajstić information content (AvgIpc) is 3.43. The summed E-state index contributed by atoms with van der Waals surface area (Å²) in [6.07, 6.45) is 0.303. The number of nitrogens with one attached hydrogen (secondary N) is 2. The van der Waals surface area contributed by atoms with E-state index >= 15 is 0 Å². The number of anilines is 2. The van der Waals surface area contributed by atoms with Gasteiger partial charge in [-0.3, -0.25) is 23.5 Å². The maximum absolute atomic E-state index is 13.3. The van der Waals surface area contributed by atoms with Crippen LogP contribution in [0, 0.1) is 0 Å². The number of hydrogen-bond donors (Lipinski definition) is 2. The predicted octanol–water partition coefficient (Wildman–Crippen LogP) is 3.08. The van der Waals surface area contributed by atoms with Crippen LogP contribution in [0.3, 0.4) is 0 Å². The molecule has 0 spiro atoms. The van der Waals surface area contributed by atoms with E-state index in [-0.39, 0.29) is 43.1 Å². The number of benzene rings is 2. The summed E-state index contributed by atoms with van der Waals surface area (Å²) in [6, 6.07) is 14.8. The molecule has 0 fully saturated rings. The van der Waals surface area contributed by atoms with Gasteiger partial charge >= 0.3 is 11.7 Å². The fourth-order valence-electron chi connectivity index (χ4n) is 3.99. The first kappa shape index (κ1) is 27.3. The van der Waals surface area contributed by atoms with Gasteiger partial charge in [-0.25, -0.2) is 9.59 Å². The highest BCUT2D eigenvalue weighted by Crippen LogP contribution is 2.18. The van der Waals surface area contributed by atoms with E-state index in [0.717, 1.165) is 15.9 Å². The number of ether oxygens (including phenoxy) is 2. The van der Waals surface area contributed by atoms with Gasteiger partial charge in [-0.2, -0.15) is 0 Å². The second kappa shape index (κ2) is 12.2. The lowest BCUT2D eigenvalue weighted by molar-refractivity contribution is -0.117. The van der Waals surface area contributed by atoms with E-state index in [0.29, 0.717) is 21.7 Å². The summed E-state index contributed by atoms with van der Waals surface area (Å²) < 4.78 is 12.4. The zero-order chi connectivity index (χ0) is 27.9. The number of carbonyl (C=O) groups is 3. The molecule has 39 heavy (non-hydrogen) atoms. The van der Waals surface area contributed by atoms with Crippen molar-refractivity contribution < 1.29 is 23.9 Å². The molecule has 202 valence electrons. The predicted molar refractivity (Wildman–Crippen MR) is 148 cm³/mol. The normalized spacial score (nSPS) is 10.7. The summed E-state index contributed by atoms with van der Waals surface area (Å²) in [6.45, 7) is -0.395. The summed E-state index contributed by atoms with van der Waals surface area (Å²) in [7, 11) is 2.79. The molecule has 2 aromatic heterocycles. The van der Waals surface area contributed by atoms with Crippen LogP contribution in [0.2, 0.25) is 0 Å². The van der Waals surface area contributed by atoms with Gasteiger partial charge in [0, 0.05) is 18.7 Å². The lowest BCUT2D eigenvalue weighted by Crippen LogP contribution is -2.41. The van der Waals surface area contributed by atoms with E-state index in [1.165, 1.54) is 17.7 Å². The van der Waals surface area contributed by atoms with Crippen molar-refractivity contribution in [2.75, 3.05) is 24.9 Å². The number of esters is 1. The highest BCUT2D eigenvalue weighted by atomic mass is 32.1. The molecule has 4 rings (SSSR count). The minimum atomic E-state index is -0.669. The molecule has 2 N–H and O–H groups in total. The number of rotatable bonds is 10. The quantitative estimate of drug-likeness (QED) is 0.290. The SMILES string of the molecule is COC(=O)c1ccccc1NC(=O)Cn1c(=O)n(CCCC(=O)Nc2ccc(OC)cc2)c(=O)c2sccc21. The summed E-state index contributed by atoms with van der Waals surface area (Å²) in [5, 5.41) is 7.06. The molecule has 0 saturated heterocycles. The Labute approximate surface area is 226 Å². The summed E-state index contributed by atoms with van der Waals surface area (Å²) in [5.41, 5.74) is 0.186. The minimum Gasteiger partial charge on any atom is -0.497 e. The lowest BCUT2D eigenvalue weighted by atomic mass is 10.2. The van der Waals surface area contributed by atoms with Gasteiger partial charge in [0.2, 0.25) is 11.8 Å². The zero-order valence-corrected chi connectivity index (χ0v) is 22.1. The summed E-state index contributed by atoms with van der Waals surface area (Å²) in [4.78, 5) is 63.6. The number of hydrogen-bond acceptors (Lipinski definition) is 8. The Kier molecular flexibility index (Phi) is 8.56. The Bertz CT molecular complexity index is 1640. The summed E-state index contributed by atoms with van der Waals surface area (Å²) in [5.74, 6) is -0.790. The van der Waals surface area contributed by atoms with Gasteiger partial charge in [0.05, 0.1) is 31.0 Å². The standard InChI is InChI=1S/C27H26N4O7S/c1-37-18-11-9-17(10-12-18)28-22(32)8-5-14-30-25(34)24-21(13-15-39-24)31(27(30)36)16-23(33)29-20-7-4-3-6-19(20)26(35)38-2/h3-4,6-7,9-13,15H,5,8,14,16H2,1-2H3,(H,28,32)(H,29,33). The van der Waals surface area contributed by atoms with Crippen molar-refractivity contribution in [3.05, 3.63) is 86.4 Å². The zero-order valence-electron chi connectivity index (χ0n) is 21.3. The van der Waals surface area contributed by atoms with E-state index in [2.05, 4.69) is 10.6 Å². The van der Waals surface area contributed by atoms with Crippen molar-refractivity contribution in [3.8, 4) is 5.75 Å². The first-order chi connectivity index (χ1) is 18.8. The molecule has 0 atom stereocenters. The van der Waals surface area contributed by atoms with E-state index < -0.39 is 23.1 Å². The molecule has 0 aliphatic rings. The molecule has 0 aliphatic heterocycles. The number of para-hydroxylation sites is 1. The molecular weight excluding hydrogens is 524 g/mol. The van der Waals surface area contributed by atoms with Gasteiger partial charge in [-0.1, -0.05) is 12.1 Å². The van der Waals surface area contributed by atoms with Gasteiger partial charge < -0.3 is 20.1 Å². The Hall–Kier alpha value is -4.71. The van der Waals surface area contributed by atoms with Crippen LogP contribution in [0.1, 0.15) is 23.2 Å². The van der Waals surface area contributed by atoms with Gasteiger partial charge in [-0.05, 0) is 54.3 Å². The van der Waals surface area contributed by atoms with Crippen LogP contribution in [0.5, 0.6) is 5.75 Å². The number of carbonyl (C=O) groups excluding carboxylic acids is 3.